The van der Waals surface area contributed by atoms with Gasteiger partial charge in [0.2, 0.25) is 0 Å². The zero-order valence-corrected chi connectivity index (χ0v) is 18.3. The van der Waals surface area contributed by atoms with E-state index in [4.69, 9.17) is 16.6 Å². The monoisotopic (exact) mass is 522 g/mol. The summed E-state index contributed by atoms with van der Waals surface area (Å²) in [4.78, 5) is 4.76. The molecule has 144 valence electrons. The highest BCUT2D eigenvalue weighted by molar-refractivity contribution is 14.1. The lowest BCUT2D eigenvalue weighted by Crippen LogP contribution is -2.01. The molecule has 2 heterocycles. The normalized spacial score (nSPS) is 11.1. The molecule has 0 amide bonds. The lowest BCUT2D eigenvalue weighted by atomic mass is 9.91. The maximum absolute atomic E-state index is 9.45. The number of nitriles is 1. The molecular formula is C22H12ClIN6. The van der Waals surface area contributed by atoms with Crippen molar-refractivity contribution < 1.29 is 0 Å². The summed E-state index contributed by atoms with van der Waals surface area (Å²) in [6, 6.07) is 21.9. The van der Waals surface area contributed by atoms with Crippen LogP contribution in [0.4, 0.5) is 0 Å². The Balaban J connectivity index is 1.98. The fraction of sp³-hybridized carbons (Fsp3) is 0.0455. The summed E-state index contributed by atoms with van der Waals surface area (Å²) in [5.74, 6) is 0.402. The Kier molecular flexibility index (Phi) is 4.81. The highest BCUT2D eigenvalue weighted by atomic mass is 127. The van der Waals surface area contributed by atoms with Gasteiger partial charge >= 0.3 is 0 Å². The maximum atomic E-state index is 9.45. The second kappa shape index (κ2) is 7.63. The number of fused-ring (bicyclic) bond motifs is 3. The summed E-state index contributed by atoms with van der Waals surface area (Å²) in [7, 11) is 0. The van der Waals surface area contributed by atoms with E-state index < -0.39 is 0 Å². The molecule has 0 saturated carbocycles. The van der Waals surface area contributed by atoms with E-state index in [9.17, 15) is 5.26 Å². The number of rotatable bonds is 3. The van der Waals surface area contributed by atoms with E-state index in [1.54, 1.807) is 4.52 Å². The van der Waals surface area contributed by atoms with Crippen LogP contribution in [0.15, 0.2) is 60.7 Å². The second-order valence-electron chi connectivity index (χ2n) is 6.70. The third-order valence-electron chi connectivity index (χ3n) is 4.90. The summed E-state index contributed by atoms with van der Waals surface area (Å²) in [5.41, 5.74) is 5.27. The number of aromatic nitrogens is 5. The van der Waals surface area contributed by atoms with Gasteiger partial charge in [-0.2, -0.15) is 9.78 Å². The first-order valence-electron chi connectivity index (χ1n) is 9.08. The van der Waals surface area contributed by atoms with Gasteiger partial charge in [-0.3, -0.25) is 0 Å². The molecule has 3 aromatic carbocycles. The van der Waals surface area contributed by atoms with Crippen LogP contribution in [0.3, 0.4) is 0 Å². The predicted octanol–water partition coefficient (Wildman–Crippen LogP) is 5.33. The number of nitrogens with zero attached hydrogens (tertiary/aromatic N) is 6. The minimum absolute atomic E-state index is 0.278. The maximum Gasteiger partial charge on any atom is 0.274 e. The van der Waals surface area contributed by atoms with Crippen molar-refractivity contribution in [2.45, 2.75) is 6.42 Å². The second-order valence-corrected chi connectivity index (χ2v) is 8.38. The van der Waals surface area contributed by atoms with Gasteiger partial charge in [0.05, 0.1) is 23.7 Å². The first-order valence-corrected chi connectivity index (χ1v) is 10.5. The standard InChI is InChI=1S/C22H12ClIN6/c23-16-3-1-2-15(12-16)21-20-18(30-22(26-21)27-28-29-30)9-6-14(10-11-25)19(20)13-4-7-17(24)8-5-13/h1-9,12H,10H2. The van der Waals surface area contributed by atoms with Crippen molar-refractivity contribution in [3.63, 3.8) is 0 Å². The predicted molar refractivity (Wildman–Crippen MR) is 124 cm³/mol. The molecule has 2 aromatic heterocycles. The molecule has 30 heavy (non-hydrogen) atoms. The summed E-state index contributed by atoms with van der Waals surface area (Å²) in [5, 5.41) is 22.9. The summed E-state index contributed by atoms with van der Waals surface area (Å²) >= 11 is 8.56. The Morgan fingerprint density at radius 3 is 2.63 bits per heavy atom. The lowest BCUT2D eigenvalue weighted by Gasteiger charge is -2.16. The van der Waals surface area contributed by atoms with Crippen LogP contribution in [0, 0.1) is 14.9 Å². The van der Waals surface area contributed by atoms with E-state index in [0.717, 1.165) is 42.4 Å². The Bertz CT molecular complexity index is 1450. The fourth-order valence-corrected chi connectivity index (χ4v) is 4.19. The van der Waals surface area contributed by atoms with Gasteiger partial charge in [-0.05, 0) is 80.0 Å². The Morgan fingerprint density at radius 1 is 1.03 bits per heavy atom. The number of halogens is 2. The summed E-state index contributed by atoms with van der Waals surface area (Å²) in [6.07, 6.45) is 0.278. The minimum atomic E-state index is 0.278. The van der Waals surface area contributed by atoms with Crippen molar-refractivity contribution in [2.75, 3.05) is 0 Å². The van der Waals surface area contributed by atoms with Crippen molar-refractivity contribution in [3.05, 3.63) is 74.8 Å². The SMILES string of the molecule is N#CCc1ccc2c(c(-c3cccc(Cl)c3)nc3nnnn32)c1-c1ccc(I)cc1. The largest absolute Gasteiger partial charge is 0.274 e. The van der Waals surface area contributed by atoms with E-state index in [-0.39, 0.29) is 6.42 Å². The molecular weight excluding hydrogens is 511 g/mol. The fourth-order valence-electron chi connectivity index (χ4n) is 3.64. The molecule has 0 aliphatic heterocycles. The molecule has 0 N–H and O–H groups in total. The first-order chi connectivity index (χ1) is 14.7. The smallest absolute Gasteiger partial charge is 0.209 e. The third kappa shape index (κ3) is 3.18. The average Bonchev–Trinajstić information content (AvgIpc) is 3.23. The number of tetrazole rings is 1. The Morgan fingerprint density at radius 2 is 1.87 bits per heavy atom. The number of hydrogen-bond acceptors (Lipinski definition) is 5. The van der Waals surface area contributed by atoms with Crippen LogP contribution in [0.5, 0.6) is 0 Å². The van der Waals surface area contributed by atoms with E-state index in [1.807, 2.05) is 48.5 Å². The van der Waals surface area contributed by atoms with Crippen LogP contribution in [-0.2, 0) is 6.42 Å². The Labute approximate surface area is 190 Å². The molecule has 0 unspecified atom stereocenters. The average molecular weight is 523 g/mol. The quantitative estimate of drug-likeness (QED) is 0.299. The van der Waals surface area contributed by atoms with Gasteiger partial charge in [0.15, 0.2) is 0 Å². The highest BCUT2D eigenvalue weighted by Crippen LogP contribution is 2.38. The molecule has 0 fully saturated rings. The number of hydrogen-bond donors (Lipinski definition) is 0. The first kappa shape index (κ1) is 18.9. The van der Waals surface area contributed by atoms with E-state index in [2.05, 4.69) is 56.3 Å². The lowest BCUT2D eigenvalue weighted by molar-refractivity contribution is 0.840. The molecule has 0 radical (unpaired) electrons. The summed E-state index contributed by atoms with van der Waals surface area (Å²) in [6.45, 7) is 0. The van der Waals surface area contributed by atoms with Crippen LogP contribution >= 0.6 is 34.2 Å². The molecule has 0 aliphatic carbocycles. The molecule has 0 bridgehead atoms. The zero-order valence-electron chi connectivity index (χ0n) is 15.4. The van der Waals surface area contributed by atoms with Crippen molar-refractivity contribution >= 4 is 50.9 Å². The van der Waals surface area contributed by atoms with E-state index >= 15 is 0 Å². The summed E-state index contributed by atoms with van der Waals surface area (Å²) < 4.78 is 2.75. The molecule has 0 aliphatic rings. The van der Waals surface area contributed by atoms with Crippen LogP contribution in [0.2, 0.25) is 5.02 Å². The molecule has 0 saturated heterocycles. The van der Waals surface area contributed by atoms with Crippen molar-refractivity contribution in [1.82, 2.24) is 25.0 Å². The van der Waals surface area contributed by atoms with Crippen molar-refractivity contribution in [2.24, 2.45) is 0 Å². The van der Waals surface area contributed by atoms with Gasteiger partial charge < -0.3 is 0 Å². The van der Waals surface area contributed by atoms with Gasteiger partial charge in [0, 0.05) is 19.5 Å². The molecule has 0 spiro atoms. The number of benzene rings is 3. The third-order valence-corrected chi connectivity index (χ3v) is 5.85. The van der Waals surface area contributed by atoms with Crippen LogP contribution in [-0.4, -0.2) is 25.0 Å². The van der Waals surface area contributed by atoms with Crippen molar-refractivity contribution in [1.29, 1.82) is 5.26 Å². The van der Waals surface area contributed by atoms with Gasteiger partial charge in [-0.15, -0.1) is 0 Å². The van der Waals surface area contributed by atoms with Crippen LogP contribution in [0.25, 0.3) is 39.1 Å². The zero-order chi connectivity index (χ0) is 20.7. The van der Waals surface area contributed by atoms with Crippen LogP contribution < -0.4 is 0 Å². The van der Waals surface area contributed by atoms with Crippen molar-refractivity contribution in [3.8, 4) is 28.5 Å². The van der Waals surface area contributed by atoms with E-state index in [1.165, 1.54) is 0 Å². The molecule has 5 rings (SSSR count). The van der Waals surface area contributed by atoms with Crippen LogP contribution in [0.1, 0.15) is 5.56 Å². The topological polar surface area (TPSA) is 79.8 Å². The van der Waals surface area contributed by atoms with Gasteiger partial charge in [0.1, 0.15) is 0 Å². The van der Waals surface area contributed by atoms with Gasteiger partial charge in [-0.25, -0.2) is 4.98 Å². The molecule has 6 nitrogen and oxygen atoms in total. The highest BCUT2D eigenvalue weighted by Gasteiger charge is 2.19. The Hall–Kier alpha value is -3.09. The molecule has 5 aromatic rings. The van der Waals surface area contributed by atoms with Gasteiger partial charge in [0.25, 0.3) is 5.78 Å². The molecule has 0 atom stereocenters. The van der Waals surface area contributed by atoms with E-state index in [0.29, 0.717) is 10.8 Å². The molecule has 8 heteroatoms. The minimum Gasteiger partial charge on any atom is -0.209 e. The van der Waals surface area contributed by atoms with Gasteiger partial charge in [-0.1, -0.05) is 47.0 Å².